The molecule has 0 aromatic carbocycles. The van der Waals surface area contributed by atoms with E-state index in [1.54, 1.807) is 0 Å². The van der Waals surface area contributed by atoms with Crippen molar-refractivity contribution in [2.45, 2.75) is 33.4 Å². The first kappa shape index (κ1) is 11.4. The highest BCUT2D eigenvalue weighted by atomic mass is 15.3. The maximum Gasteiger partial charge on any atom is 0.167 e. The van der Waals surface area contributed by atoms with Crippen LogP contribution < -0.4 is 5.32 Å². The molecule has 1 atom stereocenters. The van der Waals surface area contributed by atoms with E-state index >= 15 is 0 Å². The third kappa shape index (κ3) is 1.64. The summed E-state index contributed by atoms with van der Waals surface area (Å²) < 4.78 is 2.21. The fourth-order valence-electron chi connectivity index (χ4n) is 2.50. The molecule has 96 valence electrons. The van der Waals surface area contributed by atoms with E-state index in [0.29, 0.717) is 5.92 Å². The first-order valence-electron chi connectivity index (χ1n) is 6.35. The average Bonchev–Trinajstić information content (AvgIpc) is 2.93. The van der Waals surface area contributed by atoms with Crippen LogP contribution in [0.4, 0.5) is 0 Å². The van der Waals surface area contributed by atoms with Gasteiger partial charge in [0, 0.05) is 18.8 Å². The molecule has 3 heterocycles. The molecule has 2 aromatic rings. The quantitative estimate of drug-likeness (QED) is 0.837. The lowest BCUT2D eigenvalue weighted by molar-refractivity contribution is 0.339. The van der Waals surface area contributed by atoms with Crippen molar-refractivity contribution in [3.8, 4) is 11.4 Å². The Kier molecular flexibility index (Phi) is 2.66. The van der Waals surface area contributed by atoms with Crippen molar-refractivity contribution in [1.29, 1.82) is 0 Å². The second-order valence-electron chi connectivity index (χ2n) is 5.12. The van der Waals surface area contributed by atoms with Gasteiger partial charge in [0.2, 0.25) is 0 Å². The molecule has 0 saturated carbocycles. The van der Waals surface area contributed by atoms with Crippen LogP contribution in [-0.2, 0) is 6.54 Å². The summed E-state index contributed by atoms with van der Waals surface area (Å²) in [5.74, 6) is 2.46. The van der Waals surface area contributed by atoms with E-state index in [-0.39, 0.29) is 6.04 Å². The van der Waals surface area contributed by atoms with Gasteiger partial charge in [0.1, 0.15) is 0 Å². The van der Waals surface area contributed by atoms with E-state index in [2.05, 4.69) is 44.1 Å². The predicted octanol–water partition coefficient (Wildman–Crippen LogP) is 1.28. The van der Waals surface area contributed by atoms with Gasteiger partial charge in [-0.1, -0.05) is 13.8 Å². The van der Waals surface area contributed by atoms with E-state index in [1.807, 2.05) is 13.1 Å². The summed E-state index contributed by atoms with van der Waals surface area (Å²) in [5.41, 5.74) is 2.07. The predicted molar refractivity (Wildman–Crippen MR) is 67.9 cm³/mol. The Morgan fingerprint density at radius 2 is 2.22 bits per heavy atom. The average molecular weight is 246 g/mol. The van der Waals surface area contributed by atoms with Crippen LogP contribution in [0.5, 0.6) is 0 Å². The molecular weight excluding hydrogens is 228 g/mol. The van der Waals surface area contributed by atoms with Crippen LogP contribution in [0.25, 0.3) is 11.4 Å². The first-order valence-corrected chi connectivity index (χ1v) is 6.35. The minimum absolute atomic E-state index is 0.284. The Balaban J connectivity index is 2.08. The highest BCUT2D eigenvalue weighted by Crippen LogP contribution is 2.28. The number of H-pyrrole nitrogens is 1. The number of hydrogen-bond donors (Lipinski definition) is 2. The highest BCUT2D eigenvalue weighted by molar-refractivity contribution is 5.57. The molecule has 0 fully saturated rings. The number of rotatable bonds is 2. The van der Waals surface area contributed by atoms with Crippen LogP contribution >= 0.6 is 0 Å². The summed E-state index contributed by atoms with van der Waals surface area (Å²) in [4.78, 5) is 0. The molecule has 6 heteroatoms. The lowest BCUT2D eigenvalue weighted by atomic mass is 10.0. The van der Waals surface area contributed by atoms with E-state index in [0.717, 1.165) is 36.0 Å². The zero-order valence-electron chi connectivity index (χ0n) is 10.9. The first-order chi connectivity index (χ1) is 8.68. The van der Waals surface area contributed by atoms with Gasteiger partial charge in [0.05, 0.1) is 17.8 Å². The molecular formula is C12H18N6. The van der Waals surface area contributed by atoms with E-state index in [9.17, 15) is 0 Å². The van der Waals surface area contributed by atoms with Crippen LogP contribution in [0.1, 0.15) is 31.4 Å². The summed E-state index contributed by atoms with van der Waals surface area (Å²) in [6.45, 7) is 8.27. The van der Waals surface area contributed by atoms with Gasteiger partial charge in [-0.2, -0.15) is 5.10 Å². The molecule has 6 nitrogen and oxygen atoms in total. The minimum atomic E-state index is 0.284. The van der Waals surface area contributed by atoms with Crippen molar-refractivity contribution in [3.63, 3.8) is 0 Å². The summed E-state index contributed by atoms with van der Waals surface area (Å²) in [7, 11) is 0. The summed E-state index contributed by atoms with van der Waals surface area (Å²) in [6, 6.07) is 0.284. The smallest absolute Gasteiger partial charge is 0.167 e. The third-order valence-corrected chi connectivity index (χ3v) is 3.49. The van der Waals surface area contributed by atoms with Gasteiger partial charge in [-0.25, -0.2) is 0 Å². The molecule has 0 aliphatic carbocycles. The SMILES string of the molecule is Cc1[nH]ncc1-c1nnc2n1CCNC2C(C)C. The molecule has 2 N–H and O–H groups in total. The van der Waals surface area contributed by atoms with Gasteiger partial charge in [-0.15, -0.1) is 10.2 Å². The highest BCUT2D eigenvalue weighted by Gasteiger charge is 2.28. The molecule has 3 rings (SSSR count). The Morgan fingerprint density at radius 1 is 1.39 bits per heavy atom. The Morgan fingerprint density at radius 3 is 2.89 bits per heavy atom. The van der Waals surface area contributed by atoms with Crippen molar-refractivity contribution >= 4 is 0 Å². The zero-order chi connectivity index (χ0) is 12.7. The van der Waals surface area contributed by atoms with Gasteiger partial charge in [0.25, 0.3) is 0 Å². The number of aromatic nitrogens is 5. The van der Waals surface area contributed by atoms with Crippen molar-refractivity contribution in [2.75, 3.05) is 6.54 Å². The Hall–Kier alpha value is -1.69. The number of hydrogen-bond acceptors (Lipinski definition) is 4. The van der Waals surface area contributed by atoms with E-state index in [4.69, 9.17) is 0 Å². The number of aryl methyl sites for hydroxylation is 1. The molecule has 18 heavy (non-hydrogen) atoms. The maximum absolute atomic E-state index is 4.37. The van der Waals surface area contributed by atoms with Crippen molar-refractivity contribution in [1.82, 2.24) is 30.3 Å². The van der Waals surface area contributed by atoms with Crippen molar-refractivity contribution in [2.24, 2.45) is 5.92 Å². The zero-order valence-corrected chi connectivity index (χ0v) is 10.9. The number of nitrogens with zero attached hydrogens (tertiary/aromatic N) is 4. The molecule has 1 aliphatic heterocycles. The second kappa shape index (κ2) is 4.20. The monoisotopic (exact) mass is 246 g/mol. The van der Waals surface area contributed by atoms with Gasteiger partial charge < -0.3 is 9.88 Å². The van der Waals surface area contributed by atoms with Gasteiger partial charge in [0.15, 0.2) is 11.6 Å². The Labute approximate surface area is 106 Å². The standard InChI is InChI=1S/C12H18N6/c1-7(2)10-12-17-16-11(18(12)5-4-13-10)9-6-14-15-8(9)3/h6-7,10,13H,4-5H2,1-3H3,(H,14,15). The number of aromatic amines is 1. The van der Waals surface area contributed by atoms with Crippen LogP contribution in [0, 0.1) is 12.8 Å². The van der Waals surface area contributed by atoms with E-state index < -0.39 is 0 Å². The number of fused-ring (bicyclic) bond motifs is 1. The third-order valence-electron chi connectivity index (χ3n) is 3.49. The Bertz CT molecular complexity index is 553. The van der Waals surface area contributed by atoms with Crippen molar-refractivity contribution in [3.05, 3.63) is 17.7 Å². The normalized spacial score (nSPS) is 19.2. The van der Waals surface area contributed by atoms with E-state index in [1.165, 1.54) is 0 Å². The van der Waals surface area contributed by atoms with Crippen molar-refractivity contribution < 1.29 is 0 Å². The molecule has 0 bridgehead atoms. The van der Waals surface area contributed by atoms with Gasteiger partial charge >= 0.3 is 0 Å². The van der Waals surface area contributed by atoms with Crippen LogP contribution in [0.2, 0.25) is 0 Å². The molecule has 1 unspecified atom stereocenters. The fourth-order valence-corrected chi connectivity index (χ4v) is 2.50. The molecule has 1 aliphatic rings. The van der Waals surface area contributed by atoms with Gasteiger partial charge in [-0.3, -0.25) is 5.10 Å². The maximum atomic E-state index is 4.37. The summed E-state index contributed by atoms with van der Waals surface area (Å²) in [5, 5.41) is 19.2. The lowest BCUT2D eigenvalue weighted by Gasteiger charge is -2.27. The second-order valence-corrected chi connectivity index (χ2v) is 5.12. The molecule has 2 aromatic heterocycles. The summed E-state index contributed by atoms with van der Waals surface area (Å²) >= 11 is 0. The van der Waals surface area contributed by atoms with Gasteiger partial charge in [-0.05, 0) is 12.8 Å². The topological polar surface area (TPSA) is 71.4 Å². The van der Waals surface area contributed by atoms with Crippen LogP contribution in [0.15, 0.2) is 6.20 Å². The number of nitrogens with one attached hydrogen (secondary N) is 2. The minimum Gasteiger partial charge on any atom is -0.308 e. The lowest BCUT2D eigenvalue weighted by Crippen LogP contribution is -2.36. The molecule has 0 amide bonds. The molecule has 0 spiro atoms. The van der Waals surface area contributed by atoms with Crippen LogP contribution in [-0.4, -0.2) is 31.5 Å². The molecule has 0 saturated heterocycles. The summed E-state index contributed by atoms with van der Waals surface area (Å²) in [6.07, 6.45) is 1.82. The largest absolute Gasteiger partial charge is 0.308 e. The van der Waals surface area contributed by atoms with Crippen LogP contribution in [0.3, 0.4) is 0 Å². The molecule has 0 radical (unpaired) electrons. The fraction of sp³-hybridized carbons (Fsp3) is 0.583.